The number of carboxylic acids is 1. The van der Waals surface area contributed by atoms with Crippen LogP contribution in [0.15, 0.2) is 23.3 Å². The fraction of sp³-hybridized carbons (Fsp3) is 0.250. The molecule has 1 aromatic heterocycles. The van der Waals surface area contributed by atoms with Gasteiger partial charge in [-0.1, -0.05) is 0 Å². The molecule has 0 aliphatic heterocycles. The van der Waals surface area contributed by atoms with Gasteiger partial charge in [0.2, 0.25) is 0 Å². The average Bonchev–Trinajstić information content (AvgIpc) is 2.40. The predicted molar refractivity (Wildman–Crippen MR) is 66.7 cm³/mol. The molecule has 2 aromatic rings. The number of hydrogen-bond acceptors (Lipinski definition) is 5. The highest BCUT2D eigenvalue weighted by molar-refractivity contribution is 5.82. The van der Waals surface area contributed by atoms with Crippen molar-refractivity contribution in [2.24, 2.45) is 0 Å². The molecule has 7 heteroatoms. The molecule has 2 rings (SSSR count). The van der Waals surface area contributed by atoms with E-state index in [1.54, 1.807) is 6.07 Å². The molecule has 19 heavy (non-hydrogen) atoms. The summed E-state index contributed by atoms with van der Waals surface area (Å²) in [5.41, 5.74) is -0.0161. The summed E-state index contributed by atoms with van der Waals surface area (Å²) in [6.07, 6.45) is 1.20. The first-order valence-corrected chi connectivity index (χ1v) is 5.39. The minimum atomic E-state index is -1.11. The minimum Gasteiger partial charge on any atom is -0.493 e. The topological polar surface area (TPSA) is 90.7 Å². The number of fused-ring (bicyclic) bond motifs is 1. The van der Waals surface area contributed by atoms with Crippen LogP contribution in [0.25, 0.3) is 10.9 Å². The Morgan fingerprint density at radius 3 is 2.53 bits per heavy atom. The van der Waals surface area contributed by atoms with Crippen molar-refractivity contribution in [2.45, 2.75) is 6.54 Å². The van der Waals surface area contributed by atoms with Crippen LogP contribution in [0.2, 0.25) is 0 Å². The third kappa shape index (κ3) is 2.35. The van der Waals surface area contributed by atoms with Crippen molar-refractivity contribution in [3.63, 3.8) is 0 Å². The second kappa shape index (κ2) is 4.97. The summed E-state index contributed by atoms with van der Waals surface area (Å²) in [6.45, 7) is -0.434. The number of carbonyl (C=O) groups is 1. The highest BCUT2D eigenvalue weighted by Gasteiger charge is 2.12. The number of benzene rings is 1. The van der Waals surface area contributed by atoms with Gasteiger partial charge in [0.25, 0.3) is 5.56 Å². The monoisotopic (exact) mass is 264 g/mol. The van der Waals surface area contributed by atoms with Gasteiger partial charge in [-0.15, -0.1) is 0 Å². The molecule has 0 bridgehead atoms. The molecule has 0 aliphatic carbocycles. The summed E-state index contributed by atoms with van der Waals surface area (Å²) < 4.78 is 11.2. The van der Waals surface area contributed by atoms with Crippen LogP contribution >= 0.6 is 0 Å². The lowest BCUT2D eigenvalue weighted by Crippen LogP contribution is -2.24. The summed E-state index contributed by atoms with van der Waals surface area (Å²) in [6, 6.07) is 3.06. The normalized spacial score (nSPS) is 10.4. The predicted octanol–water partition coefficient (Wildman–Crippen LogP) is 0.498. The van der Waals surface area contributed by atoms with Gasteiger partial charge in [0.05, 0.1) is 31.4 Å². The zero-order valence-corrected chi connectivity index (χ0v) is 10.4. The van der Waals surface area contributed by atoms with Crippen molar-refractivity contribution in [3.05, 3.63) is 28.8 Å². The molecule has 100 valence electrons. The smallest absolute Gasteiger partial charge is 0.323 e. The van der Waals surface area contributed by atoms with E-state index in [1.165, 1.54) is 26.6 Å². The van der Waals surface area contributed by atoms with E-state index in [2.05, 4.69) is 4.98 Å². The number of hydrogen-bond donors (Lipinski definition) is 1. The minimum absolute atomic E-state index is 0.279. The maximum atomic E-state index is 12.1. The summed E-state index contributed by atoms with van der Waals surface area (Å²) >= 11 is 0. The van der Waals surface area contributed by atoms with E-state index in [0.29, 0.717) is 17.0 Å². The number of aliphatic carboxylic acids is 1. The molecule has 0 unspecified atom stereocenters. The van der Waals surface area contributed by atoms with E-state index in [9.17, 15) is 9.59 Å². The molecule has 1 heterocycles. The second-order valence-corrected chi connectivity index (χ2v) is 3.80. The number of aromatic nitrogens is 2. The summed E-state index contributed by atoms with van der Waals surface area (Å²) in [7, 11) is 2.94. The molecule has 0 radical (unpaired) electrons. The highest BCUT2D eigenvalue weighted by Crippen LogP contribution is 2.29. The Labute approximate surface area is 108 Å². The maximum Gasteiger partial charge on any atom is 0.323 e. The van der Waals surface area contributed by atoms with Crippen molar-refractivity contribution in [1.29, 1.82) is 0 Å². The first-order chi connectivity index (χ1) is 9.06. The second-order valence-electron chi connectivity index (χ2n) is 3.80. The van der Waals surface area contributed by atoms with Gasteiger partial charge in [-0.25, -0.2) is 4.98 Å². The third-order valence-corrected chi connectivity index (χ3v) is 2.63. The third-order valence-electron chi connectivity index (χ3n) is 2.63. The van der Waals surface area contributed by atoms with Gasteiger partial charge >= 0.3 is 5.97 Å². The molecule has 0 atom stereocenters. The van der Waals surface area contributed by atoms with Crippen molar-refractivity contribution >= 4 is 16.9 Å². The zero-order chi connectivity index (χ0) is 14.0. The van der Waals surface area contributed by atoms with Crippen LogP contribution in [0.3, 0.4) is 0 Å². The van der Waals surface area contributed by atoms with Crippen molar-refractivity contribution in [1.82, 2.24) is 9.55 Å². The molecule has 0 saturated carbocycles. The van der Waals surface area contributed by atoms with Gasteiger partial charge in [-0.05, 0) is 6.07 Å². The number of methoxy groups -OCH3 is 2. The first kappa shape index (κ1) is 12.9. The van der Waals surface area contributed by atoms with E-state index < -0.39 is 18.1 Å². The molecular weight excluding hydrogens is 252 g/mol. The van der Waals surface area contributed by atoms with Crippen molar-refractivity contribution in [3.8, 4) is 11.5 Å². The largest absolute Gasteiger partial charge is 0.493 e. The van der Waals surface area contributed by atoms with Gasteiger partial charge in [-0.2, -0.15) is 0 Å². The Bertz CT molecular complexity index is 692. The Hall–Kier alpha value is -2.57. The lowest BCUT2D eigenvalue weighted by molar-refractivity contribution is -0.137. The standard InChI is InChI=1S/C12H12N2O5/c1-18-9-3-7-8(4-10(9)19-2)13-6-14(12(7)17)5-11(15)16/h3-4,6H,5H2,1-2H3,(H,15,16). The number of ether oxygens (including phenoxy) is 2. The van der Waals surface area contributed by atoms with E-state index in [4.69, 9.17) is 14.6 Å². The van der Waals surface area contributed by atoms with Crippen LogP contribution in [-0.2, 0) is 11.3 Å². The molecule has 0 fully saturated rings. The first-order valence-electron chi connectivity index (χ1n) is 5.39. The summed E-state index contributed by atoms with van der Waals surface area (Å²) in [5, 5.41) is 8.99. The lowest BCUT2D eigenvalue weighted by Gasteiger charge is -2.09. The molecule has 0 saturated heterocycles. The number of carboxylic acid groups (broad SMARTS) is 1. The Morgan fingerprint density at radius 1 is 1.32 bits per heavy atom. The molecule has 0 spiro atoms. The van der Waals surface area contributed by atoms with Crippen LogP contribution in [0.4, 0.5) is 0 Å². The molecule has 0 amide bonds. The Morgan fingerprint density at radius 2 is 1.95 bits per heavy atom. The Balaban J connectivity index is 2.68. The summed E-state index contributed by atoms with van der Waals surface area (Å²) in [4.78, 5) is 26.8. The van der Waals surface area contributed by atoms with Crippen LogP contribution in [0.5, 0.6) is 11.5 Å². The van der Waals surface area contributed by atoms with Gasteiger partial charge in [0, 0.05) is 6.07 Å². The highest BCUT2D eigenvalue weighted by atomic mass is 16.5. The van der Waals surface area contributed by atoms with E-state index in [-0.39, 0.29) is 5.39 Å². The molecule has 1 N–H and O–H groups in total. The van der Waals surface area contributed by atoms with Gasteiger partial charge in [-0.3, -0.25) is 14.2 Å². The molecule has 7 nitrogen and oxygen atoms in total. The van der Waals surface area contributed by atoms with E-state index >= 15 is 0 Å². The van der Waals surface area contributed by atoms with Gasteiger partial charge < -0.3 is 14.6 Å². The molecular formula is C12H12N2O5. The SMILES string of the molecule is COc1cc2ncn(CC(=O)O)c(=O)c2cc1OC. The van der Waals surface area contributed by atoms with E-state index in [0.717, 1.165) is 4.57 Å². The van der Waals surface area contributed by atoms with E-state index in [1.807, 2.05) is 0 Å². The quantitative estimate of drug-likeness (QED) is 0.864. The van der Waals surface area contributed by atoms with Gasteiger partial charge in [0.15, 0.2) is 11.5 Å². The van der Waals surface area contributed by atoms with Crippen molar-refractivity contribution in [2.75, 3.05) is 14.2 Å². The van der Waals surface area contributed by atoms with Crippen LogP contribution in [0.1, 0.15) is 0 Å². The number of nitrogens with zero attached hydrogens (tertiary/aromatic N) is 2. The van der Waals surface area contributed by atoms with Gasteiger partial charge in [0.1, 0.15) is 6.54 Å². The fourth-order valence-corrected chi connectivity index (χ4v) is 1.74. The maximum absolute atomic E-state index is 12.1. The van der Waals surface area contributed by atoms with Crippen LogP contribution in [0, 0.1) is 0 Å². The lowest BCUT2D eigenvalue weighted by atomic mass is 10.2. The summed E-state index contributed by atoms with van der Waals surface area (Å²) in [5.74, 6) is -0.261. The molecule has 1 aromatic carbocycles. The molecule has 0 aliphatic rings. The van der Waals surface area contributed by atoms with Crippen molar-refractivity contribution < 1.29 is 19.4 Å². The fourth-order valence-electron chi connectivity index (χ4n) is 1.74. The zero-order valence-electron chi connectivity index (χ0n) is 10.4. The van der Waals surface area contributed by atoms with Crippen LogP contribution < -0.4 is 15.0 Å². The average molecular weight is 264 g/mol. The number of rotatable bonds is 4. The van der Waals surface area contributed by atoms with Crippen LogP contribution in [-0.4, -0.2) is 34.8 Å². The Kier molecular flexibility index (Phi) is 3.37.